The van der Waals surface area contributed by atoms with Gasteiger partial charge in [-0.05, 0) is 35.9 Å². The fourth-order valence-electron chi connectivity index (χ4n) is 2.06. The number of carboxylic acid groups (broad SMARTS) is 1. The van der Waals surface area contributed by atoms with Crippen molar-refractivity contribution >= 4 is 17.7 Å². The highest BCUT2D eigenvalue weighted by Gasteiger charge is 2.25. The van der Waals surface area contributed by atoms with Crippen molar-refractivity contribution in [1.29, 1.82) is 0 Å². The second-order valence-electron chi connectivity index (χ2n) is 5.64. The molecule has 0 aliphatic heterocycles. The minimum absolute atomic E-state index is 0.0626. The van der Waals surface area contributed by atoms with Gasteiger partial charge < -0.3 is 9.52 Å². The molecule has 0 aliphatic carbocycles. The lowest BCUT2D eigenvalue weighted by molar-refractivity contribution is -0.139. The first-order chi connectivity index (χ1) is 9.89. The number of nitrogens with zero attached hydrogens (tertiary/aromatic N) is 2. The van der Waals surface area contributed by atoms with Crippen LogP contribution < -0.4 is 0 Å². The molecule has 112 valence electrons. The van der Waals surface area contributed by atoms with E-state index in [1.54, 1.807) is 11.8 Å². The predicted octanol–water partition coefficient (Wildman–Crippen LogP) is 3.50. The van der Waals surface area contributed by atoms with E-state index in [0.29, 0.717) is 18.2 Å². The van der Waals surface area contributed by atoms with Gasteiger partial charge in [0.05, 0.1) is 6.42 Å². The Bertz CT molecular complexity index is 620. The minimum atomic E-state index is -0.826. The molecule has 5 nitrogen and oxygen atoms in total. The van der Waals surface area contributed by atoms with Crippen LogP contribution >= 0.6 is 11.8 Å². The molecule has 6 heteroatoms. The van der Waals surface area contributed by atoms with Gasteiger partial charge in [0.15, 0.2) is 0 Å². The van der Waals surface area contributed by atoms with Gasteiger partial charge in [-0.3, -0.25) is 4.79 Å². The Morgan fingerprint density at radius 2 is 1.95 bits per heavy atom. The Balaban J connectivity index is 2.12. The Kier molecular flexibility index (Phi) is 4.67. The molecule has 0 fully saturated rings. The van der Waals surface area contributed by atoms with E-state index in [1.807, 2.05) is 44.4 Å². The largest absolute Gasteiger partial charge is 0.481 e. The number of carboxylic acids is 1. The summed E-state index contributed by atoms with van der Waals surface area (Å²) in [7, 11) is 0. The lowest BCUT2D eigenvalue weighted by atomic mass is 9.86. The number of aromatic nitrogens is 2. The smallest absolute Gasteiger partial charge is 0.303 e. The van der Waals surface area contributed by atoms with Gasteiger partial charge in [0, 0.05) is 16.9 Å². The molecule has 0 atom stereocenters. The first kappa shape index (κ1) is 15.6. The average molecular weight is 306 g/mol. The zero-order chi connectivity index (χ0) is 15.5. The van der Waals surface area contributed by atoms with Crippen molar-refractivity contribution in [3.05, 3.63) is 30.2 Å². The molecule has 1 aromatic carbocycles. The third-order valence-corrected chi connectivity index (χ3v) is 3.81. The highest BCUT2D eigenvalue weighted by molar-refractivity contribution is 7.98. The molecule has 2 aromatic rings. The molecule has 0 amide bonds. The van der Waals surface area contributed by atoms with Gasteiger partial charge in [0.25, 0.3) is 0 Å². The van der Waals surface area contributed by atoms with E-state index in [-0.39, 0.29) is 6.42 Å². The van der Waals surface area contributed by atoms with Crippen molar-refractivity contribution in [3.63, 3.8) is 0 Å². The van der Waals surface area contributed by atoms with E-state index in [0.717, 1.165) is 5.56 Å². The van der Waals surface area contributed by atoms with Crippen LogP contribution in [0.3, 0.4) is 0 Å². The van der Waals surface area contributed by atoms with Crippen LogP contribution in [0.1, 0.15) is 26.2 Å². The van der Waals surface area contributed by atoms with Gasteiger partial charge in [-0.1, -0.05) is 13.8 Å². The Morgan fingerprint density at radius 1 is 1.29 bits per heavy atom. The summed E-state index contributed by atoms with van der Waals surface area (Å²) >= 11 is 1.67. The van der Waals surface area contributed by atoms with Gasteiger partial charge >= 0.3 is 5.97 Å². The third-order valence-electron chi connectivity index (χ3n) is 3.06. The number of thioether (sulfide) groups is 1. The molecule has 0 aliphatic rings. The molecule has 1 aromatic heterocycles. The third kappa shape index (κ3) is 4.32. The van der Waals surface area contributed by atoms with Crippen LogP contribution in [0.4, 0.5) is 0 Å². The number of benzene rings is 1. The lowest BCUT2D eigenvalue weighted by Gasteiger charge is -2.19. The Hall–Kier alpha value is -1.82. The van der Waals surface area contributed by atoms with Crippen molar-refractivity contribution < 1.29 is 14.3 Å². The van der Waals surface area contributed by atoms with Gasteiger partial charge in [-0.15, -0.1) is 22.0 Å². The molecule has 2 rings (SSSR count). The van der Waals surface area contributed by atoms with Crippen LogP contribution in [0.25, 0.3) is 11.5 Å². The number of hydrogen-bond donors (Lipinski definition) is 1. The normalized spacial score (nSPS) is 11.6. The summed E-state index contributed by atoms with van der Waals surface area (Å²) in [6, 6.07) is 7.87. The zero-order valence-corrected chi connectivity index (χ0v) is 13.1. The number of hydrogen-bond acceptors (Lipinski definition) is 5. The van der Waals surface area contributed by atoms with E-state index in [9.17, 15) is 4.79 Å². The van der Waals surface area contributed by atoms with Gasteiger partial charge in [-0.25, -0.2) is 0 Å². The van der Waals surface area contributed by atoms with Crippen molar-refractivity contribution in [2.45, 2.75) is 31.6 Å². The van der Waals surface area contributed by atoms with Crippen LogP contribution in [-0.2, 0) is 11.2 Å². The second kappa shape index (κ2) is 6.30. The standard InChI is InChI=1S/C15H18N2O3S/c1-15(2,9-13(18)19)8-12-16-17-14(20-12)10-4-6-11(21-3)7-5-10/h4-7H,8-9H2,1-3H3,(H,18,19). The summed E-state index contributed by atoms with van der Waals surface area (Å²) in [5.41, 5.74) is 0.445. The first-order valence-corrected chi connectivity index (χ1v) is 7.81. The Morgan fingerprint density at radius 3 is 2.52 bits per heavy atom. The van der Waals surface area contributed by atoms with Crippen LogP contribution in [-0.4, -0.2) is 27.5 Å². The summed E-state index contributed by atoms with van der Waals surface area (Å²) in [5, 5.41) is 16.9. The molecule has 1 heterocycles. The van der Waals surface area contributed by atoms with Crippen LogP contribution in [0.2, 0.25) is 0 Å². The van der Waals surface area contributed by atoms with Gasteiger partial charge in [0.2, 0.25) is 11.8 Å². The molecule has 0 bridgehead atoms. The first-order valence-electron chi connectivity index (χ1n) is 6.58. The highest BCUT2D eigenvalue weighted by Crippen LogP contribution is 2.27. The summed E-state index contributed by atoms with van der Waals surface area (Å²) in [6.45, 7) is 3.75. The fraction of sp³-hybridized carbons (Fsp3) is 0.400. The number of rotatable bonds is 6. The number of carbonyl (C=O) groups is 1. The summed E-state index contributed by atoms with van der Waals surface area (Å²) in [6.07, 6.45) is 2.52. The van der Waals surface area contributed by atoms with E-state index in [4.69, 9.17) is 9.52 Å². The molecule has 0 saturated heterocycles. The maximum atomic E-state index is 10.8. The SMILES string of the molecule is CSc1ccc(-c2nnc(CC(C)(C)CC(=O)O)o2)cc1. The molecule has 0 radical (unpaired) electrons. The quantitative estimate of drug-likeness (QED) is 0.823. The molecular weight excluding hydrogens is 288 g/mol. The molecule has 0 spiro atoms. The average Bonchev–Trinajstić information content (AvgIpc) is 2.85. The molecule has 21 heavy (non-hydrogen) atoms. The lowest BCUT2D eigenvalue weighted by Crippen LogP contribution is -2.19. The summed E-state index contributed by atoms with van der Waals surface area (Å²) < 4.78 is 5.64. The van der Waals surface area contributed by atoms with E-state index in [2.05, 4.69) is 10.2 Å². The van der Waals surface area contributed by atoms with Crippen LogP contribution in [0.15, 0.2) is 33.6 Å². The highest BCUT2D eigenvalue weighted by atomic mass is 32.2. The van der Waals surface area contributed by atoms with E-state index in [1.165, 1.54) is 4.90 Å². The second-order valence-corrected chi connectivity index (χ2v) is 6.52. The van der Waals surface area contributed by atoms with Crippen molar-refractivity contribution in [3.8, 4) is 11.5 Å². The number of aliphatic carboxylic acids is 1. The molecular formula is C15H18N2O3S. The summed E-state index contributed by atoms with van der Waals surface area (Å²) in [5.74, 6) is 0.0985. The van der Waals surface area contributed by atoms with Crippen LogP contribution in [0.5, 0.6) is 0 Å². The van der Waals surface area contributed by atoms with Crippen molar-refractivity contribution in [1.82, 2.24) is 10.2 Å². The summed E-state index contributed by atoms with van der Waals surface area (Å²) in [4.78, 5) is 12.0. The predicted molar refractivity (Wildman–Crippen MR) is 81.3 cm³/mol. The monoisotopic (exact) mass is 306 g/mol. The van der Waals surface area contributed by atoms with E-state index >= 15 is 0 Å². The fourth-order valence-corrected chi connectivity index (χ4v) is 2.46. The van der Waals surface area contributed by atoms with Gasteiger partial charge in [0.1, 0.15) is 0 Å². The minimum Gasteiger partial charge on any atom is -0.481 e. The van der Waals surface area contributed by atoms with Crippen molar-refractivity contribution in [2.75, 3.05) is 6.26 Å². The Labute approximate surface area is 127 Å². The van der Waals surface area contributed by atoms with Gasteiger partial charge in [-0.2, -0.15) is 0 Å². The maximum absolute atomic E-state index is 10.8. The topological polar surface area (TPSA) is 76.2 Å². The maximum Gasteiger partial charge on any atom is 0.303 e. The molecule has 0 unspecified atom stereocenters. The molecule has 0 saturated carbocycles. The zero-order valence-electron chi connectivity index (χ0n) is 12.3. The molecule has 1 N–H and O–H groups in total. The van der Waals surface area contributed by atoms with E-state index < -0.39 is 11.4 Å². The van der Waals surface area contributed by atoms with Crippen LogP contribution in [0, 0.1) is 5.41 Å². The van der Waals surface area contributed by atoms with Crippen molar-refractivity contribution in [2.24, 2.45) is 5.41 Å².